The normalized spacial score (nSPS) is 20.4. The lowest BCUT2D eigenvalue weighted by atomic mass is 10.00. The molecule has 0 amide bonds. The number of hydrogen-bond acceptors (Lipinski definition) is 3. The van der Waals surface area contributed by atoms with E-state index >= 15 is 0 Å². The second kappa shape index (κ2) is 9.60. The van der Waals surface area contributed by atoms with Crippen LogP contribution in [0.1, 0.15) is 46.5 Å². The highest BCUT2D eigenvalue weighted by Gasteiger charge is 2.24. The van der Waals surface area contributed by atoms with Gasteiger partial charge in [-0.2, -0.15) is 0 Å². The number of aromatic nitrogens is 1. The Morgan fingerprint density at radius 1 is 1.18 bits per heavy atom. The summed E-state index contributed by atoms with van der Waals surface area (Å²) in [5.74, 6) is 2.64. The van der Waals surface area contributed by atoms with Crippen molar-refractivity contribution in [3.05, 3.63) is 41.6 Å². The molecule has 1 fully saturated rings. The minimum atomic E-state index is -0.699. The summed E-state index contributed by atoms with van der Waals surface area (Å²) in [6.07, 6.45) is 4.23. The van der Waals surface area contributed by atoms with E-state index in [1.54, 1.807) is 6.20 Å². The van der Waals surface area contributed by atoms with Crippen LogP contribution >= 0.6 is 11.6 Å². The Morgan fingerprint density at radius 3 is 2.64 bits per heavy atom. The van der Waals surface area contributed by atoms with Gasteiger partial charge in [-0.15, -0.1) is 0 Å². The Balaban J connectivity index is 1.65. The molecule has 2 aromatic rings. The van der Waals surface area contributed by atoms with Gasteiger partial charge in [-0.3, -0.25) is 0 Å². The Labute approximate surface area is 172 Å². The van der Waals surface area contributed by atoms with Crippen LogP contribution in [0.3, 0.4) is 0 Å². The van der Waals surface area contributed by atoms with E-state index < -0.39 is 6.17 Å². The highest BCUT2D eigenvalue weighted by molar-refractivity contribution is 6.32. The van der Waals surface area contributed by atoms with E-state index in [2.05, 4.69) is 31.1 Å². The number of benzene rings is 1. The van der Waals surface area contributed by atoms with E-state index in [-0.39, 0.29) is 6.04 Å². The summed E-state index contributed by atoms with van der Waals surface area (Å²) in [4.78, 5) is 4.37. The molecule has 1 aliphatic rings. The molecule has 0 aliphatic heterocycles. The predicted octanol–water partition coefficient (Wildman–Crippen LogP) is 6.77. The van der Waals surface area contributed by atoms with Gasteiger partial charge in [0.25, 0.3) is 0 Å². The lowest BCUT2D eigenvalue weighted by Crippen LogP contribution is -2.16. The Morgan fingerprint density at radius 2 is 1.96 bits per heavy atom. The number of anilines is 1. The van der Waals surface area contributed by atoms with Crippen molar-refractivity contribution in [2.75, 3.05) is 11.9 Å². The summed E-state index contributed by atoms with van der Waals surface area (Å²) in [7, 11) is 0. The minimum Gasteiger partial charge on any atom is -0.492 e. The third-order valence-electron chi connectivity index (χ3n) is 5.14. The molecular weight excluding hydrogens is 375 g/mol. The number of hydrogen-bond donors (Lipinski definition) is 1. The lowest BCUT2D eigenvalue weighted by molar-refractivity contribution is 0.239. The molecule has 5 heteroatoms. The first kappa shape index (κ1) is 20.9. The molecule has 3 atom stereocenters. The van der Waals surface area contributed by atoms with E-state index in [0.29, 0.717) is 42.1 Å². The molecule has 0 radical (unpaired) electrons. The fraction of sp³-hybridized carbons (Fsp3) is 0.522. The number of ether oxygens (including phenoxy) is 1. The maximum atomic E-state index is 13.4. The largest absolute Gasteiger partial charge is 0.492 e. The SMILES string of the molecule is CC(C)CC(C)COc1ccc(-c2ccnc(NC3CCC(F)C3)c2)cc1Cl. The number of nitrogens with one attached hydrogen (secondary N) is 1. The van der Waals surface area contributed by atoms with Crippen molar-refractivity contribution in [1.82, 2.24) is 4.98 Å². The van der Waals surface area contributed by atoms with Gasteiger partial charge in [0.05, 0.1) is 11.6 Å². The van der Waals surface area contributed by atoms with E-state index in [9.17, 15) is 4.39 Å². The minimum absolute atomic E-state index is 0.157. The zero-order valence-corrected chi connectivity index (χ0v) is 17.7. The highest BCUT2D eigenvalue weighted by atomic mass is 35.5. The summed E-state index contributed by atoms with van der Waals surface area (Å²) >= 11 is 6.46. The first-order valence-electron chi connectivity index (χ1n) is 10.2. The van der Waals surface area contributed by atoms with Crippen LogP contribution in [-0.2, 0) is 0 Å². The molecular formula is C23H30ClFN2O. The quantitative estimate of drug-likeness (QED) is 0.527. The van der Waals surface area contributed by atoms with Gasteiger partial charge in [0, 0.05) is 12.2 Å². The topological polar surface area (TPSA) is 34.1 Å². The fourth-order valence-corrected chi connectivity index (χ4v) is 4.09. The van der Waals surface area contributed by atoms with Gasteiger partial charge in [-0.05, 0) is 72.9 Å². The first-order valence-corrected chi connectivity index (χ1v) is 10.6. The molecule has 1 heterocycles. The predicted molar refractivity (Wildman–Crippen MR) is 115 cm³/mol. The smallest absolute Gasteiger partial charge is 0.137 e. The van der Waals surface area contributed by atoms with Crippen molar-refractivity contribution in [2.45, 2.75) is 58.7 Å². The van der Waals surface area contributed by atoms with Gasteiger partial charge in [-0.1, -0.05) is 38.4 Å². The van der Waals surface area contributed by atoms with E-state index in [1.165, 1.54) is 0 Å². The van der Waals surface area contributed by atoms with Crippen LogP contribution in [0.15, 0.2) is 36.5 Å². The van der Waals surface area contributed by atoms with Gasteiger partial charge in [-0.25, -0.2) is 9.37 Å². The molecule has 1 N–H and O–H groups in total. The zero-order valence-electron chi connectivity index (χ0n) is 16.9. The highest BCUT2D eigenvalue weighted by Crippen LogP contribution is 2.32. The van der Waals surface area contributed by atoms with E-state index in [4.69, 9.17) is 16.3 Å². The molecule has 3 unspecified atom stereocenters. The third kappa shape index (κ3) is 5.84. The Bertz CT molecular complexity index is 783. The van der Waals surface area contributed by atoms with Crippen LogP contribution in [0.2, 0.25) is 5.02 Å². The monoisotopic (exact) mass is 404 g/mol. The summed E-state index contributed by atoms with van der Waals surface area (Å²) in [5, 5.41) is 3.95. The number of nitrogens with zero attached hydrogens (tertiary/aromatic N) is 1. The van der Waals surface area contributed by atoms with Crippen molar-refractivity contribution in [1.29, 1.82) is 0 Å². The van der Waals surface area contributed by atoms with Crippen molar-refractivity contribution in [2.24, 2.45) is 11.8 Å². The number of halogens is 2. The second-order valence-electron chi connectivity index (χ2n) is 8.37. The molecule has 1 aromatic carbocycles. The van der Waals surface area contributed by atoms with Crippen LogP contribution in [0.4, 0.5) is 10.2 Å². The van der Waals surface area contributed by atoms with Gasteiger partial charge in [0.15, 0.2) is 0 Å². The molecule has 1 saturated carbocycles. The standard InChI is InChI=1S/C23H30ClFN2O/c1-15(2)10-16(3)14-28-22-7-4-17(11-21(22)24)18-8-9-26-23(12-18)27-20-6-5-19(25)13-20/h4,7-9,11-12,15-16,19-20H,5-6,10,13-14H2,1-3H3,(H,26,27). The zero-order chi connectivity index (χ0) is 20.1. The Hall–Kier alpha value is -1.81. The number of rotatable bonds is 8. The first-order chi connectivity index (χ1) is 13.4. The van der Waals surface area contributed by atoms with Crippen molar-refractivity contribution < 1.29 is 9.13 Å². The van der Waals surface area contributed by atoms with Gasteiger partial charge < -0.3 is 10.1 Å². The van der Waals surface area contributed by atoms with Crippen LogP contribution < -0.4 is 10.1 Å². The van der Waals surface area contributed by atoms with Gasteiger partial charge in [0.2, 0.25) is 0 Å². The van der Waals surface area contributed by atoms with Crippen LogP contribution in [0.5, 0.6) is 5.75 Å². The van der Waals surface area contributed by atoms with Crippen LogP contribution in [0, 0.1) is 11.8 Å². The fourth-order valence-electron chi connectivity index (χ4n) is 3.86. The van der Waals surface area contributed by atoms with Crippen LogP contribution in [-0.4, -0.2) is 23.8 Å². The van der Waals surface area contributed by atoms with E-state index in [1.807, 2.05) is 30.3 Å². The van der Waals surface area contributed by atoms with Crippen molar-refractivity contribution in [3.8, 4) is 16.9 Å². The average molecular weight is 405 g/mol. The second-order valence-corrected chi connectivity index (χ2v) is 8.78. The lowest BCUT2D eigenvalue weighted by Gasteiger charge is -2.16. The molecule has 1 aromatic heterocycles. The molecule has 0 saturated heterocycles. The number of pyridine rings is 1. The Kier molecular flexibility index (Phi) is 7.17. The van der Waals surface area contributed by atoms with E-state index in [0.717, 1.165) is 29.8 Å². The molecule has 0 spiro atoms. The summed E-state index contributed by atoms with van der Waals surface area (Å²) in [5.41, 5.74) is 2.03. The van der Waals surface area contributed by atoms with Crippen LogP contribution in [0.25, 0.3) is 11.1 Å². The summed E-state index contributed by atoms with van der Waals surface area (Å²) < 4.78 is 19.3. The molecule has 3 rings (SSSR count). The average Bonchev–Trinajstić information content (AvgIpc) is 3.05. The maximum absolute atomic E-state index is 13.4. The molecule has 28 heavy (non-hydrogen) atoms. The third-order valence-corrected chi connectivity index (χ3v) is 5.44. The number of alkyl halides is 1. The maximum Gasteiger partial charge on any atom is 0.137 e. The molecule has 3 nitrogen and oxygen atoms in total. The van der Waals surface area contributed by atoms with Gasteiger partial charge >= 0.3 is 0 Å². The molecule has 1 aliphatic carbocycles. The van der Waals surface area contributed by atoms with Gasteiger partial charge in [0.1, 0.15) is 17.7 Å². The van der Waals surface area contributed by atoms with Crippen molar-refractivity contribution in [3.63, 3.8) is 0 Å². The molecule has 0 bridgehead atoms. The summed E-state index contributed by atoms with van der Waals surface area (Å²) in [6.45, 7) is 7.30. The van der Waals surface area contributed by atoms with Crippen molar-refractivity contribution >= 4 is 17.4 Å². The molecule has 152 valence electrons. The summed E-state index contributed by atoms with van der Waals surface area (Å²) in [6, 6.07) is 9.97.